The second kappa shape index (κ2) is 10.4. The summed E-state index contributed by atoms with van der Waals surface area (Å²) in [6.07, 6.45) is 0. The molecule has 0 bridgehead atoms. The minimum atomic E-state index is -0.651. The maximum Gasteiger partial charge on any atom is 0.143 e. The lowest BCUT2D eigenvalue weighted by Gasteiger charge is -2.19. The van der Waals surface area contributed by atoms with Crippen molar-refractivity contribution in [3.8, 4) is 44.5 Å². The van der Waals surface area contributed by atoms with Gasteiger partial charge >= 0.3 is 0 Å². The van der Waals surface area contributed by atoms with Crippen LogP contribution >= 0.6 is 0 Å². The van der Waals surface area contributed by atoms with Gasteiger partial charge in [-0.15, -0.1) is 0 Å². The van der Waals surface area contributed by atoms with Crippen LogP contribution in [0.3, 0.4) is 0 Å². The first kappa shape index (κ1) is 16.8. The fourth-order valence-electron chi connectivity index (χ4n) is 6.43. The molecule has 1 heterocycles. The van der Waals surface area contributed by atoms with Crippen molar-refractivity contribution in [1.82, 2.24) is 0 Å². The van der Waals surface area contributed by atoms with E-state index in [0.29, 0.717) is 5.56 Å². The van der Waals surface area contributed by atoms with Crippen molar-refractivity contribution in [2.24, 2.45) is 0 Å². The van der Waals surface area contributed by atoms with Gasteiger partial charge in [0.2, 0.25) is 0 Å². The lowest BCUT2D eigenvalue weighted by atomic mass is 9.83. The highest BCUT2D eigenvalue weighted by Gasteiger charge is 2.22. The highest BCUT2D eigenvalue weighted by molar-refractivity contribution is 6.25. The third-order valence-corrected chi connectivity index (χ3v) is 8.33. The summed E-state index contributed by atoms with van der Waals surface area (Å²) in [5.41, 5.74) is 3.68. The number of hydrogen-bond donors (Lipinski definition) is 0. The van der Waals surface area contributed by atoms with E-state index < -0.39 is 60.4 Å². The summed E-state index contributed by atoms with van der Waals surface area (Å²) in [4.78, 5) is 0. The summed E-state index contributed by atoms with van der Waals surface area (Å²) >= 11 is 0. The van der Waals surface area contributed by atoms with Gasteiger partial charge in [0.15, 0.2) is 0 Å². The molecule has 0 radical (unpaired) electrons. The van der Waals surface area contributed by atoms with E-state index in [1.807, 2.05) is 78.9 Å². The van der Waals surface area contributed by atoms with Crippen molar-refractivity contribution in [2.45, 2.75) is 0 Å². The van der Waals surface area contributed by atoms with Gasteiger partial charge in [-0.25, -0.2) is 0 Å². The molecule has 0 aliphatic heterocycles. The summed E-state index contributed by atoms with van der Waals surface area (Å²) in [6.45, 7) is 0. The van der Waals surface area contributed by atoms with Crippen LogP contribution in [0.25, 0.3) is 88.0 Å². The summed E-state index contributed by atoms with van der Waals surface area (Å²) < 4.78 is 103. The number of fused-ring (bicyclic) bond motifs is 5. The first-order chi connectivity index (χ1) is 26.9. The van der Waals surface area contributed by atoms with Crippen LogP contribution in [0.1, 0.15) is 15.1 Å². The Morgan fingerprint density at radius 2 is 0.822 bits per heavy atom. The Kier molecular flexibility index (Phi) is 3.87. The molecule has 210 valence electrons. The lowest BCUT2D eigenvalue weighted by molar-refractivity contribution is 0.671. The lowest BCUT2D eigenvalue weighted by Crippen LogP contribution is -1.92. The zero-order chi connectivity index (χ0) is 39.3. The van der Waals surface area contributed by atoms with Crippen LogP contribution in [-0.2, 0) is 0 Å². The number of furan rings is 1. The van der Waals surface area contributed by atoms with E-state index in [4.69, 9.17) is 18.1 Å². The van der Waals surface area contributed by atoms with Crippen LogP contribution in [-0.4, -0.2) is 0 Å². The van der Waals surface area contributed by atoms with E-state index in [1.54, 1.807) is 0 Å². The predicted molar refractivity (Wildman–Crippen MR) is 190 cm³/mol. The molecule has 9 aromatic rings. The van der Waals surface area contributed by atoms with E-state index in [1.165, 1.54) is 0 Å². The fourth-order valence-corrected chi connectivity index (χ4v) is 6.43. The summed E-state index contributed by atoms with van der Waals surface area (Å²) in [5.74, 6) is 0. The van der Waals surface area contributed by atoms with Gasteiger partial charge in [-0.2, -0.15) is 0 Å². The highest BCUT2D eigenvalue weighted by Crippen LogP contribution is 2.48. The average molecular weight is 584 g/mol. The predicted octanol–water partition coefficient (Wildman–Crippen LogP) is 12.6. The van der Waals surface area contributed by atoms with Gasteiger partial charge in [-0.3, -0.25) is 0 Å². The van der Waals surface area contributed by atoms with E-state index >= 15 is 0 Å². The van der Waals surface area contributed by atoms with Gasteiger partial charge in [0.25, 0.3) is 0 Å². The molecule has 0 saturated carbocycles. The Hall–Kier alpha value is -5.92. The molecule has 0 unspecified atom stereocenters. The fraction of sp³-hybridized carbons (Fsp3) is 0. The van der Waals surface area contributed by atoms with Crippen molar-refractivity contribution in [2.75, 3.05) is 0 Å². The van der Waals surface area contributed by atoms with Crippen molar-refractivity contribution in [3.05, 3.63) is 170 Å². The first-order valence-corrected chi connectivity index (χ1v) is 14.6. The first-order valence-electron chi connectivity index (χ1n) is 20.1. The van der Waals surface area contributed by atoms with Gasteiger partial charge in [0.1, 0.15) is 11.2 Å². The van der Waals surface area contributed by atoms with E-state index in [-0.39, 0.29) is 44.7 Å². The standard InChI is InChI=1S/C44H28O/c1-3-15-29(16-4-1)31-19-7-8-20-33(31)41-34-21-9-11-23-36(34)42(37-24-12-10-22-35(37)41)40-28-14-27-39-38-26-13-25-32(43(38)45-44(39)40)30-17-5-2-6-18-30/h1-28H/i2D,5D,6D,13D,14D,17D,18D,25D,26D,27D,28D. The molecule has 0 aliphatic carbocycles. The average Bonchev–Trinajstić information content (AvgIpc) is 3.62. The topological polar surface area (TPSA) is 13.1 Å². The summed E-state index contributed by atoms with van der Waals surface area (Å²) in [6, 6.07) is 27.6. The van der Waals surface area contributed by atoms with Crippen LogP contribution in [0.4, 0.5) is 0 Å². The number of benzene rings is 8. The second-order valence-corrected chi connectivity index (χ2v) is 10.8. The minimum absolute atomic E-state index is 0.0465. The van der Waals surface area contributed by atoms with Crippen molar-refractivity contribution >= 4 is 43.5 Å². The molecule has 45 heavy (non-hydrogen) atoms. The molecule has 1 heteroatoms. The number of hydrogen-bond acceptors (Lipinski definition) is 1. The SMILES string of the molecule is [2H]c1c([2H])c([2H])c(-c2c([2H])c([2H])c([2H])c3c2oc2c(-c4c5ccccc5c(-c5ccccc5-c5ccccc5)c5ccccc45)c([2H])c([2H])c([2H])c23)c([2H])c1[2H]. The molecule has 8 aromatic carbocycles. The second-order valence-electron chi connectivity index (χ2n) is 10.8. The third-order valence-electron chi connectivity index (χ3n) is 8.33. The van der Waals surface area contributed by atoms with Gasteiger partial charge in [-0.1, -0.05) is 170 Å². The van der Waals surface area contributed by atoms with Crippen molar-refractivity contribution in [3.63, 3.8) is 0 Å². The molecule has 0 N–H and O–H groups in total. The maximum atomic E-state index is 9.43. The van der Waals surface area contributed by atoms with Crippen LogP contribution in [0, 0.1) is 0 Å². The van der Waals surface area contributed by atoms with Gasteiger partial charge in [0, 0.05) is 27.5 Å². The monoisotopic (exact) mass is 583 g/mol. The van der Waals surface area contributed by atoms with Crippen molar-refractivity contribution in [1.29, 1.82) is 0 Å². The van der Waals surface area contributed by atoms with E-state index in [9.17, 15) is 1.37 Å². The van der Waals surface area contributed by atoms with Crippen molar-refractivity contribution < 1.29 is 19.5 Å². The Morgan fingerprint density at radius 3 is 1.44 bits per heavy atom. The molecule has 1 aromatic heterocycles. The van der Waals surface area contributed by atoms with Gasteiger partial charge < -0.3 is 4.42 Å². The molecule has 1 nitrogen and oxygen atoms in total. The molecule has 0 fully saturated rings. The van der Waals surface area contributed by atoms with E-state index in [2.05, 4.69) is 24.3 Å². The van der Waals surface area contributed by atoms with Crippen LogP contribution in [0.5, 0.6) is 0 Å². The molecular weight excluding hydrogens is 544 g/mol. The van der Waals surface area contributed by atoms with Crippen LogP contribution < -0.4 is 0 Å². The Labute approximate surface area is 277 Å². The summed E-state index contributed by atoms with van der Waals surface area (Å²) in [7, 11) is 0. The number of para-hydroxylation sites is 2. The molecule has 9 rings (SSSR count). The normalized spacial score (nSPS) is 15.0. The largest absolute Gasteiger partial charge is 0.455 e. The third kappa shape index (κ3) is 4.02. The highest BCUT2D eigenvalue weighted by atomic mass is 16.3. The molecule has 0 saturated heterocycles. The smallest absolute Gasteiger partial charge is 0.143 e. The zero-order valence-corrected chi connectivity index (χ0v) is 23.7. The minimum Gasteiger partial charge on any atom is -0.455 e. The van der Waals surface area contributed by atoms with E-state index in [0.717, 1.165) is 43.8 Å². The van der Waals surface area contributed by atoms with Crippen LogP contribution in [0.15, 0.2) is 174 Å². The summed E-state index contributed by atoms with van der Waals surface area (Å²) in [5, 5.41) is 2.96. The van der Waals surface area contributed by atoms with Crippen LogP contribution in [0.2, 0.25) is 0 Å². The van der Waals surface area contributed by atoms with Gasteiger partial charge in [0.05, 0.1) is 15.1 Å². The molecule has 0 amide bonds. The number of rotatable bonds is 4. The Morgan fingerprint density at radius 1 is 0.333 bits per heavy atom. The Balaban J connectivity index is 1.47. The molecule has 0 aliphatic rings. The molecule has 0 atom stereocenters. The van der Waals surface area contributed by atoms with Gasteiger partial charge in [-0.05, 0) is 49.4 Å². The Bertz CT molecular complexity index is 3070. The maximum absolute atomic E-state index is 9.43. The molecule has 0 spiro atoms. The quantitative estimate of drug-likeness (QED) is 0.188. The molecular formula is C44H28O. The zero-order valence-electron chi connectivity index (χ0n) is 34.7.